The quantitative estimate of drug-likeness (QED) is 0.877. The lowest BCUT2D eigenvalue weighted by Gasteiger charge is -2.32. The molecule has 0 aromatic carbocycles. The van der Waals surface area contributed by atoms with E-state index in [0.717, 1.165) is 42.7 Å². The Morgan fingerprint density at radius 2 is 2.40 bits per heavy atom. The maximum atomic E-state index is 12.3. The summed E-state index contributed by atoms with van der Waals surface area (Å²) in [6, 6.07) is 0. The number of thioether (sulfide) groups is 1. The number of rotatable bonds is 2. The van der Waals surface area contributed by atoms with Gasteiger partial charge in [-0.05, 0) is 12.8 Å². The van der Waals surface area contributed by atoms with Gasteiger partial charge in [-0.3, -0.25) is 14.8 Å². The highest BCUT2D eigenvalue weighted by Gasteiger charge is 2.27. The van der Waals surface area contributed by atoms with E-state index in [-0.39, 0.29) is 11.8 Å². The van der Waals surface area contributed by atoms with E-state index >= 15 is 0 Å². The Bertz CT molecular complexity index is 507. The third kappa shape index (κ3) is 3.09. The van der Waals surface area contributed by atoms with E-state index in [1.165, 1.54) is 0 Å². The molecule has 106 valence electrons. The predicted molar refractivity (Wildman–Crippen MR) is 79.9 cm³/mol. The standard InChI is InChI=1S/C13H17N5OS/c19-12(17-13-16-5-7-20-13)10-2-1-6-18(9-10)11-8-14-3-4-15-11/h3-4,8,10H,1-2,5-7,9H2,(H,16,17,19)/t10-/m1/s1. The minimum absolute atomic E-state index is 0.00495. The molecule has 3 heterocycles. The summed E-state index contributed by atoms with van der Waals surface area (Å²) in [6.45, 7) is 2.43. The number of anilines is 1. The number of carbonyl (C=O) groups excluding carboxylic acids is 1. The summed E-state index contributed by atoms with van der Waals surface area (Å²) < 4.78 is 0. The molecule has 0 spiro atoms. The lowest BCUT2D eigenvalue weighted by Crippen LogP contribution is -2.44. The summed E-state index contributed by atoms with van der Waals surface area (Å²) in [7, 11) is 0. The molecule has 7 heteroatoms. The monoisotopic (exact) mass is 291 g/mol. The second-order valence-electron chi connectivity index (χ2n) is 4.87. The first kappa shape index (κ1) is 13.4. The summed E-state index contributed by atoms with van der Waals surface area (Å²) >= 11 is 1.61. The van der Waals surface area contributed by atoms with Gasteiger partial charge in [-0.2, -0.15) is 0 Å². The number of nitrogens with zero attached hydrogens (tertiary/aromatic N) is 4. The molecule has 1 N–H and O–H groups in total. The van der Waals surface area contributed by atoms with Gasteiger partial charge in [-0.1, -0.05) is 11.8 Å². The van der Waals surface area contributed by atoms with E-state index in [4.69, 9.17) is 0 Å². The van der Waals surface area contributed by atoms with Crippen molar-refractivity contribution in [1.29, 1.82) is 0 Å². The fourth-order valence-electron chi connectivity index (χ4n) is 2.47. The smallest absolute Gasteiger partial charge is 0.230 e. The molecule has 0 unspecified atom stereocenters. The van der Waals surface area contributed by atoms with Crippen molar-refractivity contribution < 1.29 is 4.79 Å². The van der Waals surface area contributed by atoms with Crippen LogP contribution in [0.4, 0.5) is 5.82 Å². The van der Waals surface area contributed by atoms with Gasteiger partial charge in [0.15, 0.2) is 5.17 Å². The number of aromatic nitrogens is 2. The number of amides is 1. The Morgan fingerprint density at radius 1 is 1.45 bits per heavy atom. The van der Waals surface area contributed by atoms with Crippen LogP contribution in [0.3, 0.4) is 0 Å². The second-order valence-corrected chi connectivity index (χ2v) is 5.96. The Morgan fingerprint density at radius 3 is 3.15 bits per heavy atom. The largest absolute Gasteiger partial charge is 0.355 e. The van der Waals surface area contributed by atoms with Crippen molar-refractivity contribution in [3.63, 3.8) is 0 Å². The molecule has 3 rings (SSSR count). The number of carbonyl (C=O) groups is 1. The van der Waals surface area contributed by atoms with E-state index in [1.54, 1.807) is 30.4 Å². The first-order chi connectivity index (χ1) is 9.83. The fraction of sp³-hybridized carbons (Fsp3) is 0.538. The van der Waals surface area contributed by atoms with Crippen molar-refractivity contribution in [3.8, 4) is 0 Å². The van der Waals surface area contributed by atoms with Gasteiger partial charge >= 0.3 is 0 Å². The van der Waals surface area contributed by atoms with Crippen molar-refractivity contribution in [2.24, 2.45) is 10.9 Å². The van der Waals surface area contributed by atoms with Crippen molar-refractivity contribution >= 4 is 28.7 Å². The third-order valence-electron chi connectivity index (χ3n) is 3.48. The average molecular weight is 291 g/mol. The number of piperidine rings is 1. The first-order valence-corrected chi connectivity index (χ1v) is 7.80. The number of nitrogens with one attached hydrogen (secondary N) is 1. The lowest BCUT2D eigenvalue weighted by atomic mass is 9.97. The SMILES string of the molecule is O=C(NC1=NCCS1)[C@@H]1CCCN(c2cnccn2)C1. The zero-order valence-corrected chi connectivity index (χ0v) is 12.0. The molecule has 1 atom stereocenters. The third-order valence-corrected chi connectivity index (χ3v) is 4.37. The summed E-state index contributed by atoms with van der Waals surface area (Å²) in [6.07, 6.45) is 7.00. The highest BCUT2D eigenvalue weighted by atomic mass is 32.2. The van der Waals surface area contributed by atoms with Crippen LogP contribution in [0.2, 0.25) is 0 Å². The van der Waals surface area contributed by atoms with Crippen molar-refractivity contribution in [2.45, 2.75) is 12.8 Å². The molecule has 1 fully saturated rings. The highest BCUT2D eigenvalue weighted by molar-refractivity contribution is 8.14. The molecular weight excluding hydrogens is 274 g/mol. The number of hydrogen-bond acceptors (Lipinski definition) is 6. The Kier molecular flexibility index (Phi) is 4.15. The van der Waals surface area contributed by atoms with Crippen molar-refractivity contribution in [3.05, 3.63) is 18.6 Å². The van der Waals surface area contributed by atoms with Gasteiger partial charge in [0, 0.05) is 31.2 Å². The summed E-state index contributed by atoms with van der Waals surface area (Å²) in [5, 5.41) is 3.70. The molecule has 20 heavy (non-hydrogen) atoms. The zero-order valence-electron chi connectivity index (χ0n) is 11.2. The van der Waals surface area contributed by atoms with Crippen LogP contribution in [-0.2, 0) is 4.79 Å². The number of hydrogen-bond donors (Lipinski definition) is 1. The van der Waals surface area contributed by atoms with Crippen LogP contribution < -0.4 is 10.2 Å². The van der Waals surface area contributed by atoms with Crippen LogP contribution in [-0.4, -0.2) is 46.4 Å². The molecule has 2 aliphatic heterocycles. The Hall–Kier alpha value is -1.63. The minimum atomic E-state index is -0.00495. The van der Waals surface area contributed by atoms with E-state index in [1.807, 2.05) is 0 Å². The van der Waals surface area contributed by atoms with Crippen molar-refractivity contribution in [2.75, 3.05) is 30.3 Å². The Labute approximate surface area is 122 Å². The summed E-state index contributed by atoms with van der Waals surface area (Å²) in [4.78, 5) is 27.0. The molecule has 2 aliphatic rings. The molecule has 0 saturated carbocycles. The van der Waals surface area contributed by atoms with Gasteiger partial charge in [-0.15, -0.1) is 0 Å². The molecule has 1 saturated heterocycles. The maximum absolute atomic E-state index is 12.3. The highest BCUT2D eigenvalue weighted by Crippen LogP contribution is 2.21. The van der Waals surface area contributed by atoms with Crippen LogP contribution in [0, 0.1) is 5.92 Å². The molecule has 0 aliphatic carbocycles. The van der Waals surface area contributed by atoms with Gasteiger partial charge in [-0.25, -0.2) is 4.98 Å². The van der Waals surface area contributed by atoms with Gasteiger partial charge in [0.25, 0.3) is 0 Å². The van der Waals surface area contributed by atoms with Crippen LogP contribution in [0.15, 0.2) is 23.6 Å². The van der Waals surface area contributed by atoms with Gasteiger partial charge in [0.1, 0.15) is 5.82 Å². The second kappa shape index (κ2) is 6.21. The van der Waals surface area contributed by atoms with Gasteiger partial charge in [0.05, 0.1) is 18.7 Å². The maximum Gasteiger partial charge on any atom is 0.230 e. The number of amidine groups is 1. The molecule has 1 aromatic heterocycles. The first-order valence-electron chi connectivity index (χ1n) is 6.82. The molecule has 0 bridgehead atoms. The average Bonchev–Trinajstić information content (AvgIpc) is 3.01. The molecule has 1 aromatic rings. The topological polar surface area (TPSA) is 70.5 Å². The van der Waals surface area contributed by atoms with E-state index < -0.39 is 0 Å². The molecular formula is C13H17N5OS. The molecule has 0 radical (unpaired) electrons. The summed E-state index contributed by atoms with van der Waals surface area (Å²) in [5.74, 6) is 1.88. The fourth-order valence-corrected chi connectivity index (χ4v) is 3.20. The normalized spacial score (nSPS) is 22.5. The Balaban J connectivity index is 1.61. The zero-order chi connectivity index (χ0) is 13.8. The molecule has 6 nitrogen and oxygen atoms in total. The van der Waals surface area contributed by atoms with Crippen molar-refractivity contribution in [1.82, 2.24) is 15.3 Å². The summed E-state index contributed by atoms with van der Waals surface area (Å²) in [5.41, 5.74) is 0. The van der Waals surface area contributed by atoms with Gasteiger partial charge in [0.2, 0.25) is 5.91 Å². The number of aliphatic imine (C=N–C) groups is 1. The van der Waals surface area contributed by atoms with E-state index in [2.05, 4.69) is 25.2 Å². The van der Waals surface area contributed by atoms with Crippen LogP contribution >= 0.6 is 11.8 Å². The predicted octanol–water partition coefficient (Wildman–Crippen LogP) is 0.912. The molecule has 1 amide bonds. The lowest BCUT2D eigenvalue weighted by molar-refractivity contribution is -0.123. The van der Waals surface area contributed by atoms with Crippen LogP contribution in [0.1, 0.15) is 12.8 Å². The van der Waals surface area contributed by atoms with E-state index in [9.17, 15) is 4.79 Å². The van der Waals surface area contributed by atoms with E-state index in [0.29, 0.717) is 6.54 Å². The van der Waals surface area contributed by atoms with Gasteiger partial charge < -0.3 is 10.2 Å². The minimum Gasteiger partial charge on any atom is -0.355 e. The van der Waals surface area contributed by atoms with Crippen LogP contribution in [0.25, 0.3) is 0 Å². The van der Waals surface area contributed by atoms with Crippen LogP contribution in [0.5, 0.6) is 0 Å².